The lowest BCUT2D eigenvalue weighted by atomic mass is 9.79. The lowest BCUT2D eigenvalue weighted by Crippen LogP contribution is -2.47. The van der Waals surface area contributed by atoms with Crippen molar-refractivity contribution in [3.8, 4) is 17.2 Å². The highest BCUT2D eigenvalue weighted by molar-refractivity contribution is 6.43. The van der Waals surface area contributed by atoms with Crippen molar-refractivity contribution in [2.75, 3.05) is 6.54 Å². The van der Waals surface area contributed by atoms with E-state index in [1.54, 1.807) is 18.2 Å². The monoisotopic (exact) mass is 697 g/mol. The number of aryl methyl sites for hydroxylation is 2. The molecule has 2 aromatic carbocycles. The van der Waals surface area contributed by atoms with Gasteiger partial charge in [0.05, 0.1) is 45.9 Å². The van der Waals surface area contributed by atoms with E-state index in [0.717, 1.165) is 79.2 Å². The first kappa shape index (κ1) is 30.6. The summed E-state index contributed by atoms with van der Waals surface area (Å²) in [4.78, 5) is 21.3. The predicted octanol–water partition coefficient (Wildman–Crippen LogP) is 8.22. The third kappa shape index (κ3) is 4.58. The summed E-state index contributed by atoms with van der Waals surface area (Å²) in [5.74, 6) is 0.649. The van der Waals surface area contributed by atoms with E-state index in [0.29, 0.717) is 52.1 Å². The Balaban J connectivity index is 1.23. The van der Waals surface area contributed by atoms with Crippen LogP contribution in [-0.2, 0) is 16.0 Å². The van der Waals surface area contributed by atoms with Crippen molar-refractivity contribution in [3.63, 3.8) is 0 Å². The molecule has 5 heterocycles. The van der Waals surface area contributed by atoms with Crippen LogP contribution in [0.4, 0.5) is 4.39 Å². The van der Waals surface area contributed by atoms with E-state index in [4.69, 9.17) is 32.9 Å². The van der Waals surface area contributed by atoms with Gasteiger partial charge in [0, 0.05) is 70.2 Å². The highest BCUT2D eigenvalue weighted by Gasteiger charge is 2.58. The molecule has 1 N–H and O–H groups in total. The maximum Gasteiger partial charge on any atom is 0.226 e. The Hall–Kier alpha value is -3.22. The van der Waals surface area contributed by atoms with Crippen molar-refractivity contribution in [1.29, 1.82) is 5.26 Å². The largest absolute Gasteiger partial charge is 0.375 e. The Morgan fingerprint density at radius 2 is 1.98 bits per heavy atom. The number of carbonyl (C=O) groups is 1. The number of likely N-dealkylation sites (tertiary alicyclic amines) is 1. The van der Waals surface area contributed by atoms with E-state index in [1.165, 1.54) is 0 Å². The standard InChI is InChI=1S/C39H38Cl2FN5O2/c1-18-25-16-30(38-26-14-22(15-31(26)49-23-9-10-23)46(38)39(48)19-7-8-19)47(36-21-13-29(36)44-17-21)37(25)27-12-20(4-3-11-43)32(34(42)35(27)45-18)24-5-2-6-28(40)33(24)41/h2,5-6,12,16,19,21-23,26,29,31,36,38,44H,3-4,7-10,13-15,17H2,1H3. The first-order chi connectivity index (χ1) is 23.8. The molecule has 4 aliphatic carbocycles. The summed E-state index contributed by atoms with van der Waals surface area (Å²) in [5.41, 5.74) is 4.70. The van der Waals surface area contributed by atoms with Crippen LogP contribution in [-0.4, -0.2) is 51.2 Å². The molecule has 0 radical (unpaired) electrons. The van der Waals surface area contributed by atoms with E-state index in [1.807, 2.05) is 13.0 Å². The van der Waals surface area contributed by atoms with E-state index < -0.39 is 5.82 Å². The van der Waals surface area contributed by atoms with Crippen LogP contribution in [0.3, 0.4) is 0 Å². The van der Waals surface area contributed by atoms with Gasteiger partial charge in [0.1, 0.15) is 5.52 Å². The number of aromatic nitrogens is 2. The van der Waals surface area contributed by atoms with Gasteiger partial charge in [-0.25, -0.2) is 9.37 Å². The van der Waals surface area contributed by atoms with E-state index in [2.05, 4.69) is 26.9 Å². The Morgan fingerprint density at radius 3 is 2.69 bits per heavy atom. The molecule has 11 rings (SSSR count). The van der Waals surface area contributed by atoms with Crippen molar-refractivity contribution in [2.45, 2.75) is 101 Å². The molecule has 4 bridgehead atoms. The van der Waals surface area contributed by atoms with Gasteiger partial charge in [-0.1, -0.05) is 35.3 Å². The molecule has 49 heavy (non-hydrogen) atoms. The maximum atomic E-state index is 17.2. The minimum absolute atomic E-state index is 0.0927. The molecule has 7 unspecified atom stereocenters. The second-order valence-corrected chi connectivity index (χ2v) is 16.2. The first-order valence-corrected chi connectivity index (χ1v) is 18.8. The normalized spacial score (nSPS) is 30.0. The summed E-state index contributed by atoms with van der Waals surface area (Å²) in [5, 5.41) is 15.7. The van der Waals surface area contributed by atoms with Crippen molar-refractivity contribution < 1.29 is 13.9 Å². The summed E-state index contributed by atoms with van der Waals surface area (Å²) in [6.45, 7) is 2.91. The molecule has 4 saturated carbocycles. The van der Waals surface area contributed by atoms with Gasteiger partial charge in [0.15, 0.2) is 5.82 Å². The van der Waals surface area contributed by atoms with Gasteiger partial charge in [-0.05, 0) is 88.0 Å². The summed E-state index contributed by atoms with van der Waals surface area (Å²) >= 11 is 13.1. The van der Waals surface area contributed by atoms with Crippen LogP contribution in [0.15, 0.2) is 30.3 Å². The van der Waals surface area contributed by atoms with Crippen LogP contribution < -0.4 is 5.32 Å². The zero-order chi connectivity index (χ0) is 33.3. The van der Waals surface area contributed by atoms with Crippen molar-refractivity contribution in [3.05, 3.63) is 63.1 Å². The topological polar surface area (TPSA) is 83.2 Å². The van der Waals surface area contributed by atoms with Crippen LogP contribution in [0, 0.1) is 41.8 Å². The van der Waals surface area contributed by atoms with Crippen LogP contribution in [0.1, 0.15) is 80.4 Å². The number of nitrogens with one attached hydrogen (secondary N) is 1. The minimum atomic E-state index is -0.452. The average Bonchev–Trinajstić information content (AvgIpc) is 3.83. The van der Waals surface area contributed by atoms with Gasteiger partial charge in [-0.2, -0.15) is 5.26 Å². The molecule has 7 fully saturated rings. The Bertz CT molecular complexity index is 2100. The number of amides is 1. The van der Waals surface area contributed by atoms with Gasteiger partial charge in [-0.15, -0.1) is 0 Å². The molecule has 7 nitrogen and oxygen atoms in total. The first-order valence-electron chi connectivity index (χ1n) is 18.0. The molecule has 10 heteroatoms. The number of benzene rings is 2. The molecule has 7 aliphatic rings. The molecule has 2 aromatic heterocycles. The summed E-state index contributed by atoms with van der Waals surface area (Å²) in [6.07, 6.45) is 8.26. The molecule has 0 spiro atoms. The minimum Gasteiger partial charge on any atom is -0.375 e. The predicted molar refractivity (Wildman–Crippen MR) is 187 cm³/mol. The molecule has 252 valence electrons. The fourth-order valence-corrected chi connectivity index (χ4v) is 10.3. The van der Waals surface area contributed by atoms with Gasteiger partial charge in [0.2, 0.25) is 5.91 Å². The number of rotatable bonds is 8. The number of halogens is 3. The van der Waals surface area contributed by atoms with Crippen LogP contribution in [0.5, 0.6) is 0 Å². The quantitative estimate of drug-likeness (QED) is 0.201. The number of fused-ring (bicyclic) bond motifs is 6. The smallest absolute Gasteiger partial charge is 0.226 e. The van der Waals surface area contributed by atoms with Gasteiger partial charge >= 0.3 is 0 Å². The molecule has 3 aliphatic heterocycles. The van der Waals surface area contributed by atoms with Gasteiger partial charge < -0.3 is 19.5 Å². The van der Waals surface area contributed by atoms with Crippen LogP contribution in [0.2, 0.25) is 10.0 Å². The number of ether oxygens (including phenoxy) is 1. The Labute approximate surface area is 294 Å². The average molecular weight is 699 g/mol. The van der Waals surface area contributed by atoms with Gasteiger partial charge in [0.25, 0.3) is 0 Å². The molecule has 1 amide bonds. The number of hydrogen-bond acceptors (Lipinski definition) is 5. The third-order valence-corrected chi connectivity index (χ3v) is 13.3. The zero-order valence-electron chi connectivity index (χ0n) is 27.4. The fraction of sp³-hybridized carbons (Fsp3) is 0.513. The van der Waals surface area contributed by atoms with E-state index in [9.17, 15) is 10.1 Å². The number of nitriles is 1. The van der Waals surface area contributed by atoms with E-state index >= 15 is 4.39 Å². The zero-order valence-corrected chi connectivity index (χ0v) is 28.9. The lowest BCUT2D eigenvalue weighted by Gasteiger charge is -2.43. The number of pyridine rings is 1. The maximum absolute atomic E-state index is 17.2. The number of nitrogens with zero attached hydrogens (tertiary/aromatic N) is 4. The molecular formula is C39H38Cl2FN5O2. The fourth-order valence-electron chi connectivity index (χ4n) is 9.90. The summed E-state index contributed by atoms with van der Waals surface area (Å²) in [6, 6.07) is 12.4. The Kier molecular flexibility index (Phi) is 6.95. The highest BCUT2D eigenvalue weighted by Crippen LogP contribution is 2.57. The Morgan fingerprint density at radius 1 is 1.14 bits per heavy atom. The SMILES string of the molecule is Cc1nc2c(F)c(-c3cccc(Cl)c3Cl)c(CCC#N)cc2c2c1cc(C1C3CC(CC3OC3CC3)N1C(=O)C1CC1)n2C1C2CNC1C2. The van der Waals surface area contributed by atoms with Crippen LogP contribution in [0.25, 0.3) is 32.9 Å². The van der Waals surface area contributed by atoms with Crippen molar-refractivity contribution in [1.82, 2.24) is 19.8 Å². The summed E-state index contributed by atoms with van der Waals surface area (Å²) in [7, 11) is 0. The molecular weight excluding hydrogens is 660 g/mol. The lowest BCUT2D eigenvalue weighted by molar-refractivity contribution is -0.140. The second-order valence-electron chi connectivity index (χ2n) is 15.4. The third-order valence-electron chi connectivity index (χ3n) is 12.4. The van der Waals surface area contributed by atoms with Crippen molar-refractivity contribution >= 4 is 50.9 Å². The van der Waals surface area contributed by atoms with Crippen LogP contribution >= 0.6 is 23.2 Å². The molecule has 3 saturated heterocycles. The second kappa shape index (κ2) is 11.1. The summed E-state index contributed by atoms with van der Waals surface area (Å²) < 4.78 is 26.3. The molecule has 4 aromatic rings. The van der Waals surface area contributed by atoms with Crippen molar-refractivity contribution in [2.24, 2.45) is 17.8 Å². The molecule has 7 atom stereocenters. The number of carbonyl (C=O) groups excluding carboxylic acids is 1. The van der Waals surface area contributed by atoms with E-state index in [-0.39, 0.29) is 53.0 Å². The number of piperidine rings is 1. The number of hydrogen-bond donors (Lipinski definition) is 1. The highest BCUT2D eigenvalue weighted by atomic mass is 35.5. The van der Waals surface area contributed by atoms with Gasteiger partial charge in [-0.3, -0.25) is 4.79 Å².